The molecular weight excluding hydrogens is 226 g/mol. The summed E-state index contributed by atoms with van der Waals surface area (Å²) in [6.45, 7) is 9.99. The van der Waals surface area contributed by atoms with Crippen LogP contribution in [0.4, 0.5) is 0 Å². The Morgan fingerprint density at radius 3 is 2.44 bits per heavy atom. The highest BCUT2D eigenvalue weighted by molar-refractivity contribution is 5.27. The quantitative estimate of drug-likeness (QED) is 0.840. The minimum Gasteiger partial charge on any atom is -0.491 e. The molecule has 1 aliphatic rings. The SMILES string of the molecule is CC(C)Oc1ccc(CNCC2(C)COC2)cc1. The van der Waals surface area contributed by atoms with Crippen LogP contribution in [0.3, 0.4) is 0 Å². The third-order valence-electron chi connectivity index (χ3n) is 3.08. The standard InChI is InChI=1S/C15H23NO2/c1-12(2)18-14-6-4-13(5-7-14)8-16-9-15(3)10-17-11-15/h4-7,12,16H,8-11H2,1-3H3. The monoisotopic (exact) mass is 249 g/mol. The van der Waals surface area contributed by atoms with E-state index >= 15 is 0 Å². The Morgan fingerprint density at radius 1 is 1.28 bits per heavy atom. The molecule has 1 aromatic rings. The minimum atomic E-state index is 0.229. The van der Waals surface area contributed by atoms with Crippen molar-refractivity contribution in [2.24, 2.45) is 5.41 Å². The highest BCUT2D eigenvalue weighted by Crippen LogP contribution is 2.25. The summed E-state index contributed by atoms with van der Waals surface area (Å²) in [6.07, 6.45) is 0.229. The lowest BCUT2D eigenvalue weighted by molar-refractivity contribution is -0.0991. The maximum absolute atomic E-state index is 5.62. The van der Waals surface area contributed by atoms with Crippen LogP contribution >= 0.6 is 0 Å². The maximum atomic E-state index is 5.62. The molecule has 1 aromatic carbocycles. The van der Waals surface area contributed by atoms with Crippen LogP contribution in [-0.4, -0.2) is 25.9 Å². The first-order valence-electron chi connectivity index (χ1n) is 6.61. The molecule has 3 heteroatoms. The van der Waals surface area contributed by atoms with Crippen LogP contribution in [0.1, 0.15) is 26.3 Å². The number of rotatable bonds is 6. The predicted octanol–water partition coefficient (Wildman–Crippen LogP) is 2.60. The first kappa shape index (κ1) is 13.4. The van der Waals surface area contributed by atoms with Crippen LogP contribution < -0.4 is 10.1 Å². The Morgan fingerprint density at radius 2 is 1.94 bits per heavy atom. The topological polar surface area (TPSA) is 30.5 Å². The highest BCUT2D eigenvalue weighted by Gasteiger charge is 2.32. The minimum absolute atomic E-state index is 0.229. The molecule has 0 spiro atoms. The van der Waals surface area contributed by atoms with Gasteiger partial charge in [-0.1, -0.05) is 19.1 Å². The van der Waals surface area contributed by atoms with Gasteiger partial charge in [0.05, 0.1) is 19.3 Å². The molecule has 0 unspecified atom stereocenters. The maximum Gasteiger partial charge on any atom is 0.119 e. The lowest BCUT2D eigenvalue weighted by atomic mass is 9.89. The average molecular weight is 249 g/mol. The summed E-state index contributed by atoms with van der Waals surface area (Å²) < 4.78 is 10.9. The average Bonchev–Trinajstić information content (AvgIpc) is 2.28. The van der Waals surface area contributed by atoms with Crippen LogP contribution in [-0.2, 0) is 11.3 Å². The lowest BCUT2D eigenvalue weighted by Crippen LogP contribution is -2.47. The third kappa shape index (κ3) is 3.72. The van der Waals surface area contributed by atoms with E-state index in [0.717, 1.165) is 32.1 Å². The Labute approximate surface area is 109 Å². The van der Waals surface area contributed by atoms with E-state index in [0.29, 0.717) is 5.41 Å². The fourth-order valence-corrected chi connectivity index (χ4v) is 2.02. The van der Waals surface area contributed by atoms with Crippen molar-refractivity contribution in [3.63, 3.8) is 0 Å². The zero-order valence-electron chi connectivity index (χ0n) is 11.5. The van der Waals surface area contributed by atoms with Gasteiger partial charge in [-0.15, -0.1) is 0 Å². The second kappa shape index (κ2) is 5.72. The van der Waals surface area contributed by atoms with Gasteiger partial charge in [0.2, 0.25) is 0 Å². The largest absolute Gasteiger partial charge is 0.491 e. The van der Waals surface area contributed by atoms with E-state index in [1.807, 2.05) is 26.0 Å². The second-order valence-electron chi connectivity index (χ2n) is 5.72. The highest BCUT2D eigenvalue weighted by atomic mass is 16.5. The smallest absolute Gasteiger partial charge is 0.119 e. The van der Waals surface area contributed by atoms with E-state index in [9.17, 15) is 0 Å². The van der Waals surface area contributed by atoms with Crippen LogP contribution in [0, 0.1) is 5.41 Å². The van der Waals surface area contributed by atoms with Gasteiger partial charge in [-0.25, -0.2) is 0 Å². The number of hydrogen-bond acceptors (Lipinski definition) is 3. The van der Waals surface area contributed by atoms with Crippen molar-refractivity contribution in [3.8, 4) is 5.75 Å². The van der Waals surface area contributed by atoms with Gasteiger partial charge in [0.25, 0.3) is 0 Å². The van der Waals surface area contributed by atoms with Crippen molar-refractivity contribution in [3.05, 3.63) is 29.8 Å². The molecule has 1 N–H and O–H groups in total. The van der Waals surface area contributed by atoms with Gasteiger partial charge in [-0.3, -0.25) is 0 Å². The molecule has 0 bridgehead atoms. The number of benzene rings is 1. The number of hydrogen-bond donors (Lipinski definition) is 1. The van der Waals surface area contributed by atoms with Crippen LogP contribution in [0.25, 0.3) is 0 Å². The van der Waals surface area contributed by atoms with E-state index in [-0.39, 0.29) is 6.10 Å². The molecule has 0 amide bonds. The van der Waals surface area contributed by atoms with E-state index in [2.05, 4.69) is 24.4 Å². The summed E-state index contributed by atoms with van der Waals surface area (Å²) in [7, 11) is 0. The van der Waals surface area contributed by atoms with Crippen molar-refractivity contribution >= 4 is 0 Å². The van der Waals surface area contributed by atoms with Crippen LogP contribution in [0.2, 0.25) is 0 Å². The van der Waals surface area contributed by atoms with E-state index < -0.39 is 0 Å². The summed E-state index contributed by atoms with van der Waals surface area (Å²) in [5, 5.41) is 3.48. The first-order chi connectivity index (χ1) is 8.57. The van der Waals surface area contributed by atoms with Crippen molar-refractivity contribution in [1.82, 2.24) is 5.32 Å². The van der Waals surface area contributed by atoms with Crippen LogP contribution in [0.15, 0.2) is 24.3 Å². The van der Waals surface area contributed by atoms with E-state index in [4.69, 9.17) is 9.47 Å². The molecule has 3 nitrogen and oxygen atoms in total. The van der Waals surface area contributed by atoms with Crippen LogP contribution in [0.5, 0.6) is 5.75 Å². The predicted molar refractivity (Wildman–Crippen MR) is 72.8 cm³/mol. The van der Waals surface area contributed by atoms with E-state index in [1.165, 1.54) is 5.56 Å². The van der Waals surface area contributed by atoms with Gasteiger partial charge in [-0.05, 0) is 31.5 Å². The lowest BCUT2D eigenvalue weighted by Gasteiger charge is -2.38. The number of nitrogens with one attached hydrogen (secondary N) is 1. The molecule has 18 heavy (non-hydrogen) atoms. The zero-order valence-corrected chi connectivity index (χ0v) is 11.5. The molecule has 0 aliphatic carbocycles. The van der Waals surface area contributed by atoms with Gasteiger partial charge in [-0.2, -0.15) is 0 Å². The normalized spacial score (nSPS) is 17.6. The summed E-state index contributed by atoms with van der Waals surface area (Å²) in [6, 6.07) is 8.30. The second-order valence-corrected chi connectivity index (χ2v) is 5.72. The van der Waals surface area contributed by atoms with E-state index in [1.54, 1.807) is 0 Å². The molecule has 0 aromatic heterocycles. The molecule has 1 heterocycles. The summed E-state index contributed by atoms with van der Waals surface area (Å²) in [5.74, 6) is 0.938. The Balaban J connectivity index is 1.75. The molecular formula is C15H23NO2. The molecule has 2 rings (SSSR count). The van der Waals surface area contributed by atoms with Crippen molar-refractivity contribution < 1.29 is 9.47 Å². The molecule has 1 fully saturated rings. The molecule has 1 saturated heterocycles. The van der Waals surface area contributed by atoms with Crippen molar-refractivity contribution in [2.75, 3.05) is 19.8 Å². The third-order valence-corrected chi connectivity index (χ3v) is 3.08. The fourth-order valence-electron chi connectivity index (χ4n) is 2.02. The molecule has 0 atom stereocenters. The summed E-state index contributed by atoms with van der Waals surface area (Å²) in [4.78, 5) is 0. The van der Waals surface area contributed by atoms with Gasteiger partial charge in [0.15, 0.2) is 0 Å². The summed E-state index contributed by atoms with van der Waals surface area (Å²) in [5.41, 5.74) is 1.62. The Kier molecular flexibility index (Phi) is 4.25. The number of ether oxygens (including phenoxy) is 2. The molecule has 1 aliphatic heterocycles. The fraction of sp³-hybridized carbons (Fsp3) is 0.600. The zero-order chi connectivity index (χ0) is 13.0. The first-order valence-corrected chi connectivity index (χ1v) is 6.61. The van der Waals surface area contributed by atoms with Gasteiger partial charge in [0, 0.05) is 18.5 Å². The summed E-state index contributed by atoms with van der Waals surface area (Å²) >= 11 is 0. The van der Waals surface area contributed by atoms with Crippen molar-refractivity contribution in [2.45, 2.75) is 33.4 Å². The molecule has 0 radical (unpaired) electrons. The molecule has 100 valence electrons. The van der Waals surface area contributed by atoms with Crippen molar-refractivity contribution in [1.29, 1.82) is 0 Å². The van der Waals surface area contributed by atoms with Gasteiger partial charge >= 0.3 is 0 Å². The van der Waals surface area contributed by atoms with Gasteiger partial charge < -0.3 is 14.8 Å². The Bertz CT molecular complexity index is 369. The van der Waals surface area contributed by atoms with Gasteiger partial charge in [0.1, 0.15) is 5.75 Å². The molecule has 0 saturated carbocycles. The Hall–Kier alpha value is -1.06.